The van der Waals surface area contributed by atoms with Gasteiger partial charge in [0.1, 0.15) is 6.04 Å². The molecule has 126 valence electrons. The van der Waals surface area contributed by atoms with Crippen LogP contribution in [0.15, 0.2) is 30.6 Å². The van der Waals surface area contributed by atoms with Gasteiger partial charge < -0.3 is 10.6 Å². The van der Waals surface area contributed by atoms with E-state index in [0.29, 0.717) is 0 Å². The van der Waals surface area contributed by atoms with Crippen LogP contribution < -0.4 is 10.6 Å². The SMILES string of the molecule is CNC(C(=O)NC(C)c1cc(C)cc(C)c1)c1cnn(C)c1.Cl. The van der Waals surface area contributed by atoms with E-state index in [1.54, 1.807) is 17.9 Å². The quantitative estimate of drug-likeness (QED) is 0.882. The highest BCUT2D eigenvalue weighted by Crippen LogP contribution is 2.18. The minimum absolute atomic E-state index is 0. The van der Waals surface area contributed by atoms with E-state index in [9.17, 15) is 4.79 Å². The van der Waals surface area contributed by atoms with Crippen LogP contribution in [-0.2, 0) is 11.8 Å². The molecule has 1 aromatic heterocycles. The Balaban J connectivity index is 0.00000264. The molecule has 2 aromatic rings. The van der Waals surface area contributed by atoms with Crippen molar-refractivity contribution in [2.45, 2.75) is 32.9 Å². The number of rotatable bonds is 5. The molecule has 2 atom stereocenters. The van der Waals surface area contributed by atoms with Gasteiger partial charge in [0.25, 0.3) is 0 Å². The molecule has 6 heteroatoms. The lowest BCUT2D eigenvalue weighted by Crippen LogP contribution is -2.37. The average molecular weight is 337 g/mol. The topological polar surface area (TPSA) is 59.0 Å². The van der Waals surface area contributed by atoms with Crippen LogP contribution in [0.3, 0.4) is 0 Å². The van der Waals surface area contributed by atoms with Gasteiger partial charge in [-0.2, -0.15) is 5.10 Å². The third kappa shape index (κ3) is 4.81. The van der Waals surface area contributed by atoms with Gasteiger partial charge in [0.2, 0.25) is 5.91 Å². The molecule has 23 heavy (non-hydrogen) atoms. The molecule has 0 aliphatic heterocycles. The molecule has 2 N–H and O–H groups in total. The molecule has 0 spiro atoms. The first-order valence-corrected chi connectivity index (χ1v) is 7.45. The molecular formula is C17H25ClN4O. The molecule has 0 saturated heterocycles. The van der Waals surface area contributed by atoms with Crippen molar-refractivity contribution < 1.29 is 4.79 Å². The predicted octanol–water partition coefficient (Wildman–Crippen LogP) is 2.60. The van der Waals surface area contributed by atoms with Crippen molar-refractivity contribution in [2.24, 2.45) is 7.05 Å². The van der Waals surface area contributed by atoms with Crippen molar-refractivity contribution in [3.63, 3.8) is 0 Å². The van der Waals surface area contributed by atoms with Crippen molar-refractivity contribution >= 4 is 18.3 Å². The number of benzene rings is 1. The zero-order valence-electron chi connectivity index (χ0n) is 14.3. The summed E-state index contributed by atoms with van der Waals surface area (Å²) in [4.78, 5) is 12.5. The molecule has 0 aliphatic carbocycles. The molecule has 2 unspecified atom stereocenters. The Morgan fingerprint density at radius 3 is 2.26 bits per heavy atom. The van der Waals surface area contributed by atoms with Crippen molar-refractivity contribution in [1.29, 1.82) is 0 Å². The Morgan fingerprint density at radius 2 is 1.78 bits per heavy atom. The molecule has 0 radical (unpaired) electrons. The van der Waals surface area contributed by atoms with E-state index in [1.165, 1.54) is 11.1 Å². The van der Waals surface area contributed by atoms with Crippen LogP contribution in [0.1, 0.15) is 41.3 Å². The number of halogens is 1. The van der Waals surface area contributed by atoms with E-state index in [-0.39, 0.29) is 24.4 Å². The van der Waals surface area contributed by atoms with Gasteiger partial charge in [-0.1, -0.05) is 29.3 Å². The van der Waals surface area contributed by atoms with Gasteiger partial charge in [0.05, 0.1) is 12.2 Å². The minimum Gasteiger partial charge on any atom is -0.348 e. The van der Waals surface area contributed by atoms with Crippen molar-refractivity contribution in [1.82, 2.24) is 20.4 Å². The van der Waals surface area contributed by atoms with Gasteiger partial charge in [-0.25, -0.2) is 0 Å². The maximum absolute atomic E-state index is 12.5. The van der Waals surface area contributed by atoms with Crippen LogP contribution in [0.2, 0.25) is 0 Å². The van der Waals surface area contributed by atoms with E-state index in [0.717, 1.165) is 11.1 Å². The summed E-state index contributed by atoms with van der Waals surface area (Å²) in [5.74, 6) is -0.0536. The molecule has 1 aromatic carbocycles. The molecule has 1 amide bonds. The second-order valence-corrected chi connectivity index (χ2v) is 5.82. The zero-order chi connectivity index (χ0) is 16.3. The Morgan fingerprint density at radius 1 is 1.17 bits per heavy atom. The van der Waals surface area contributed by atoms with Crippen LogP contribution in [-0.4, -0.2) is 22.7 Å². The van der Waals surface area contributed by atoms with Crippen LogP contribution in [0, 0.1) is 13.8 Å². The third-order valence-corrected chi connectivity index (χ3v) is 3.71. The fourth-order valence-corrected chi connectivity index (χ4v) is 2.68. The van der Waals surface area contributed by atoms with Crippen LogP contribution in [0.4, 0.5) is 0 Å². The number of hydrogen-bond donors (Lipinski definition) is 2. The number of hydrogen-bond acceptors (Lipinski definition) is 3. The van der Waals surface area contributed by atoms with Gasteiger partial charge in [-0.05, 0) is 33.4 Å². The maximum atomic E-state index is 12.5. The average Bonchev–Trinajstić information content (AvgIpc) is 2.84. The van der Waals surface area contributed by atoms with Gasteiger partial charge in [-0.3, -0.25) is 9.48 Å². The van der Waals surface area contributed by atoms with E-state index in [1.807, 2.05) is 20.2 Å². The molecule has 1 heterocycles. The monoisotopic (exact) mass is 336 g/mol. The molecule has 5 nitrogen and oxygen atoms in total. The molecule has 0 bridgehead atoms. The van der Waals surface area contributed by atoms with Crippen molar-refractivity contribution in [3.8, 4) is 0 Å². The summed E-state index contributed by atoms with van der Waals surface area (Å²) in [6.07, 6.45) is 3.56. The number of carbonyl (C=O) groups excluding carboxylic acids is 1. The Bertz CT molecular complexity index is 648. The number of likely N-dealkylation sites (N-methyl/N-ethyl adjacent to an activating group) is 1. The van der Waals surface area contributed by atoms with E-state index in [2.05, 4.69) is 47.8 Å². The van der Waals surface area contributed by atoms with Crippen LogP contribution >= 0.6 is 12.4 Å². The summed E-state index contributed by atoms with van der Waals surface area (Å²) < 4.78 is 1.69. The number of amides is 1. The first kappa shape index (κ1) is 19.2. The lowest BCUT2D eigenvalue weighted by Gasteiger charge is -2.20. The van der Waals surface area contributed by atoms with Gasteiger partial charge in [0, 0.05) is 18.8 Å². The zero-order valence-corrected chi connectivity index (χ0v) is 15.1. The Kier molecular flexibility index (Phi) is 6.79. The number of aromatic nitrogens is 2. The fourth-order valence-electron chi connectivity index (χ4n) is 2.68. The smallest absolute Gasteiger partial charge is 0.242 e. The lowest BCUT2D eigenvalue weighted by atomic mass is 10.0. The van der Waals surface area contributed by atoms with Gasteiger partial charge in [-0.15, -0.1) is 12.4 Å². The largest absolute Gasteiger partial charge is 0.348 e. The number of nitrogens with one attached hydrogen (secondary N) is 2. The maximum Gasteiger partial charge on any atom is 0.242 e. The third-order valence-electron chi connectivity index (χ3n) is 3.71. The molecule has 2 rings (SSSR count). The highest BCUT2D eigenvalue weighted by atomic mass is 35.5. The molecule has 0 aliphatic rings. The van der Waals surface area contributed by atoms with Crippen LogP contribution in [0.5, 0.6) is 0 Å². The highest BCUT2D eigenvalue weighted by Gasteiger charge is 2.22. The predicted molar refractivity (Wildman–Crippen MR) is 94.7 cm³/mol. The lowest BCUT2D eigenvalue weighted by molar-refractivity contribution is -0.123. The molecular weight excluding hydrogens is 312 g/mol. The van der Waals surface area contributed by atoms with E-state index < -0.39 is 6.04 Å². The molecule has 0 saturated carbocycles. The Labute approximate surface area is 143 Å². The highest BCUT2D eigenvalue weighted by molar-refractivity contribution is 5.85. The van der Waals surface area contributed by atoms with E-state index >= 15 is 0 Å². The minimum atomic E-state index is -0.401. The first-order chi connectivity index (χ1) is 10.4. The summed E-state index contributed by atoms with van der Waals surface area (Å²) in [5, 5.41) is 10.2. The van der Waals surface area contributed by atoms with Crippen molar-refractivity contribution in [3.05, 3.63) is 52.8 Å². The van der Waals surface area contributed by atoms with E-state index in [4.69, 9.17) is 0 Å². The normalized spacial score (nSPS) is 13.1. The first-order valence-electron chi connectivity index (χ1n) is 7.45. The second kappa shape index (κ2) is 8.13. The summed E-state index contributed by atoms with van der Waals surface area (Å²) in [6, 6.07) is 5.90. The number of carbonyl (C=O) groups is 1. The summed E-state index contributed by atoms with van der Waals surface area (Å²) in [6.45, 7) is 6.14. The van der Waals surface area contributed by atoms with Gasteiger partial charge in [0.15, 0.2) is 0 Å². The van der Waals surface area contributed by atoms with Crippen LogP contribution in [0.25, 0.3) is 0 Å². The number of nitrogens with zero attached hydrogens (tertiary/aromatic N) is 2. The van der Waals surface area contributed by atoms with Crippen molar-refractivity contribution in [2.75, 3.05) is 7.05 Å². The molecule has 0 fully saturated rings. The number of aryl methyl sites for hydroxylation is 3. The standard InChI is InChI=1S/C17H24N4O.ClH/c1-11-6-12(2)8-14(7-11)13(3)20-17(22)16(18-4)15-9-19-21(5)10-15;/h6-10,13,16,18H,1-5H3,(H,20,22);1H. The summed E-state index contributed by atoms with van der Waals surface area (Å²) in [5.41, 5.74) is 4.38. The van der Waals surface area contributed by atoms with Gasteiger partial charge >= 0.3 is 0 Å². The fraction of sp³-hybridized carbons (Fsp3) is 0.412. The summed E-state index contributed by atoms with van der Waals surface area (Å²) in [7, 11) is 3.62. The second-order valence-electron chi connectivity index (χ2n) is 5.82. The Hall–Kier alpha value is -1.85. The summed E-state index contributed by atoms with van der Waals surface area (Å²) >= 11 is 0.